The Morgan fingerprint density at radius 2 is 1.86 bits per heavy atom. The SMILES string of the molecule is CCN1C(=O)C(=Nn2c(-c3ccc4c(c3)NC(=O)CO4)csc2=Nc2ccc(C)cc2)c2ccccc21. The van der Waals surface area contributed by atoms with Crippen molar-refractivity contribution in [1.82, 2.24) is 4.68 Å². The molecule has 2 aliphatic rings. The lowest BCUT2D eigenvalue weighted by Gasteiger charge is -2.18. The number of carbonyl (C=O) groups excluding carboxylic acids is 2. The van der Waals surface area contributed by atoms with Crippen molar-refractivity contribution < 1.29 is 14.3 Å². The molecule has 1 aromatic heterocycles. The molecule has 0 aliphatic carbocycles. The molecular formula is C28H23N5O3S. The molecule has 1 N–H and O–H groups in total. The molecule has 0 saturated heterocycles. The molecule has 0 bridgehead atoms. The van der Waals surface area contributed by atoms with E-state index in [1.165, 1.54) is 11.3 Å². The lowest BCUT2D eigenvalue weighted by molar-refractivity contribution is -0.118. The minimum atomic E-state index is -0.203. The van der Waals surface area contributed by atoms with Gasteiger partial charge in [0.1, 0.15) is 5.75 Å². The van der Waals surface area contributed by atoms with E-state index in [9.17, 15) is 9.59 Å². The van der Waals surface area contributed by atoms with Crippen LogP contribution in [0.1, 0.15) is 18.1 Å². The number of aryl methyl sites for hydroxylation is 1. The van der Waals surface area contributed by atoms with Gasteiger partial charge in [0.15, 0.2) is 12.3 Å². The average Bonchev–Trinajstić information content (AvgIpc) is 3.42. The van der Waals surface area contributed by atoms with Gasteiger partial charge in [0.2, 0.25) is 4.80 Å². The number of hydrogen-bond acceptors (Lipinski definition) is 6. The number of para-hydroxylation sites is 1. The summed E-state index contributed by atoms with van der Waals surface area (Å²) in [6.45, 7) is 4.51. The normalized spacial score (nSPS) is 16.0. The molecule has 3 aromatic carbocycles. The van der Waals surface area contributed by atoms with E-state index in [0.717, 1.165) is 33.8 Å². The average molecular weight is 510 g/mol. The molecule has 2 amide bonds. The van der Waals surface area contributed by atoms with E-state index in [-0.39, 0.29) is 18.4 Å². The number of anilines is 2. The van der Waals surface area contributed by atoms with Gasteiger partial charge in [0, 0.05) is 23.1 Å². The molecule has 3 heterocycles. The fourth-order valence-corrected chi connectivity index (χ4v) is 5.27. The summed E-state index contributed by atoms with van der Waals surface area (Å²) in [4.78, 5) is 32.5. The number of nitrogens with zero attached hydrogens (tertiary/aromatic N) is 4. The molecule has 0 unspecified atom stereocenters. The van der Waals surface area contributed by atoms with Crippen LogP contribution >= 0.6 is 11.3 Å². The van der Waals surface area contributed by atoms with Crippen LogP contribution in [0.15, 0.2) is 82.2 Å². The fraction of sp³-hybridized carbons (Fsp3) is 0.143. The van der Waals surface area contributed by atoms with Gasteiger partial charge in [-0.2, -0.15) is 5.10 Å². The maximum atomic E-state index is 13.4. The number of likely N-dealkylation sites (N-methyl/N-ethyl adjacent to an activating group) is 1. The number of carbonyl (C=O) groups is 2. The molecule has 6 rings (SSSR count). The number of nitrogens with one attached hydrogen (secondary N) is 1. The first-order valence-electron chi connectivity index (χ1n) is 11.9. The van der Waals surface area contributed by atoms with Crippen molar-refractivity contribution in [3.05, 3.63) is 88.0 Å². The van der Waals surface area contributed by atoms with Crippen LogP contribution in [0.5, 0.6) is 5.75 Å². The number of ether oxygens (including phenoxy) is 1. The van der Waals surface area contributed by atoms with E-state index in [1.807, 2.05) is 86.0 Å². The summed E-state index contributed by atoms with van der Waals surface area (Å²) < 4.78 is 7.23. The number of aromatic nitrogens is 1. The number of hydrogen-bond donors (Lipinski definition) is 1. The lowest BCUT2D eigenvalue weighted by atomic mass is 10.1. The first-order valence-corrected chi connectivity index (χ1v) is 12.8. The number of thiazole rings is 1. The van der Waals surface area contributed by atoms with Crippen molar-refractivity contribution in [1.29, 1.82) is 0 Å². The molecule has 37 heavy (non-hydrogen) atoms. The van der Waals surface area contributed by atoms with Gasteiger partial charge in [0.25, 0.3) is 11.8 Å². The predicted molar refractivity (Wildman–Crippen MR) is 145 cm³/mol. The number of fused-ring (bicyclic) bond motifs is 2. The second kappa shape index (κ2) is 9.18. The van der Waals surface area contributed by atoms with Gasteiger partial charge in [0.05, 0.1) is 22.8 Å². The quantitative estimate of drug-likeness (QED) is 0.432. The number of amides is 2. The Morgan fingerprint density at radius 3 is 2.68 bits per heavy atom. The zero-order valence-corrected chi connectivity index (χ0v) is 21.1. The lowest BCUT2D eigenvalue weighted by Crippen LogP contribution is -2.30. The summed E-state index contributed by atoms with van der Waals surface area (Å²) in [5.41, 5.74) is 6.06. The zero-order chi connectivity index (χ0) is 25.5. The molecular weight excluding hydrogens is 486 g/mol. The number of benzene rings is 3. The fourth-order valence-electron chi connectivity index (χ4n) is 4.42. The Hall–Kier alpha value is -4.50. The van der Waals surface area contributed by atoms with Gasteiger partial charge in [-0.1, -0.05) is 35.9 Å². The van der Waals surface area contributed by atoms with Gasteiger partial charge in [-0.3, -0.25) is 9.59 Å². The van der Waals surface area contributed by atoms with Crippen molar-refractivity contribution >= 4 is 45.9 Å². The van der Waals surface area contributed by atoms with Crippen molar-refractivity contribution in [3.63, 3.8) is 0 Å². The second-order valence-corrected chi connectivity index (χ2v) is 9.56. The van der Waals surface area contributed by atoms with Crippen LogP contribution in [0.3, 0.4) is 0 Å². The van der Waals surface area contributed by atoms with Crippen molar-refractivity contribution in [2.45, 2.75) is 13.8 Å². The summed E-state index contributed by atoms with van der Waals surface area (Å²) in [7, 11) is 0. The Bertz CT molecular complexity index is 1650. The summed E-state index contributed by atoms with van der Waals surface area (Å²) in [5, 5.41) is 9.71. The first-order chi connectivity index (χ1) is 18.0. The van der Waals surface area contributed by atoms with Crippen molar-refractivity contribution in [2.24, 2.45) is 10.1 Å². The third-order valence-electron chi connectivity index (χ3n) is 6.27. The summed E-state index contributed by atoms with van der Waals surface area (Å²) in [5.74, 6) is 0.256. The van der Waals surface area contributed by atoms with Gasteiger partial charge in [-0.15, -0.1) is 11.3 Å². The van der Waals surface area contributed by atoms with Gasteiger partial charge >= 0.3 is 0 Å². The van der Waals surface area contributed by atoms with E-state index in [1.54, 1.807) is 9.58 Å². The summed E-state index contributed by atoms with van der Waals surface area (Å²) in [6, 6.07) is 21.2. The zero-order valence-electron chi connectivity index (χ0n) is 20.3. The maximum Gasteiger partial charge on any atom is 0.279 e. The van der Waals surface area contributed by atoms with E-state index < -0.39 is 0 Å². The molecule has 0 radical (unpaired) electrons. The first kappa shape index (κ1) is 22.9. The maximum absolute atomic E-state index is 13.4. The smallest absolute Gasteiger partial charge is 0.279 e. The third kappa shape index (κ3) is 4.13. The predicted octanol–water partition coefficient (Wildman–Crippen LogP) is 4.71. The van der Waals surface area contributed by atoms with E-state index in [4.69, 9.17) is 14.8 Å². The highest BCUT2D eigenvalue weighted by atomic mass is 32.1. The Balaban J connectivity index is 1.55. The Morgan fingerprint density at radius 1 is 1.05 bits per heavy atom. The molecule has 4 aromatic rings. The highest BCUT2D eigenvalue weighted by molar-refractivity contribution is 7.07. The molecule has 8 nitrogen and oxygen atoms in total. The minimum Gasteiger partial charge on any atom is -0.482 e. The molecule has 0 atom stereocenters. The van der Waals surface area contributed by atoms with Crippen LogP contribution in [0.4, 0.5) is 17.1 Å². The van der Waals surface area contributed by atoms with Crippen LogP contribution in [0.2, 0.25) is 0 Å². The molecule has 0 spiro atoms. The summed E-state index contributed by atoms with van der Waals surface area (Å²) >= 11 is 1.43. The second-order valence-electron chi connectivity index (χ2n) is 8.73. The van der Waals surface area contributed by atoms with Crippen LogP contribution in [-0.2, 0) is 9.59 Å². The van der Waals surface area contributed by atoms with Crippen molar-refractivity contribution in [2.75, 3.05) is 23.4 Å². The Kier molecular flexibility index (Phi) is 5.69. The molecule has 184 valence electrons. The van der Waals surface area contributed by atoms with Gasteiger partial charge in [-0.05, 0) is 50.2 Å². The Labute approximate surface area is 217 Å². The van der Waals surface area contributed by atoms with Gasteiger partial charge in [-0.25, -0.2) is 9.67 Å². The highest BCUT2D eigenvalue weighted by Gasteiger charge is 2.33. The van der Waals surface area contributed by atoms with Crippen molar-refractivity contribution in [3.8, 4) is 17.0 Å². The molecule has 0 saturated carbocycles. The van der Waals surface area contributed by atoms with E-state index in [0.29, 0.717) is 28.5 Å². The molecule has 9 heteroatoms. The van der Waals surface area contributed by atoms with E-state index >= 15 is 0 Å². The minimum absolute atomic E-state index is 0.00647. The van der Waals surface area contributed by atoms with Crippen LogP contribution in [0, 0.1) is 6.92 Å². The standard InChI is InChI=1S/C28H23N5O3S/c1-3-32-22-7-5-4-6-20(22)26(27(32)35)31-33-23(16-37-28(33)29-19-11-8-17(2)9-12-19)18-10-13-24-21(14-18)30-25(34)15-36-24/h4-14,16H,3,15H2,1-2H3,(H,30,34). The third-order valence-corrected chi connectivity index (χ3v) is 7.08. The highest BCUT2D eigenvalue weighted by Crippen LogP contribution is 2.34. The molecule has 2 aliphatic heterocycles. The van der Waals surface area contributed by atoms with Crippen LogP contribution < -0.4 is 19.8 Å². The van der Waals surface area contributed by atoms with Crippen LogP contribution in [0.25, 0.3) is 11.3 Å². The van der Waals surface area contributed by atoms with E-state index in [2.05, 4.69) is 5.32 Å². The summed E-state index contributed by atoms with van der Waals surface area (Å²) in [6.07, 6.45) is 0. The van der Waals surface area contributed by atoms with Gasteiger partial charge < -0.3 is 15.0 Å². The number of rotatable bonds is 4. The molecule has 0 fully saturated rings. The topological polar surface area (TPSA) is 88.3 Å². The largest absolute Gasteiger partial charge is 0.482 e. The van der Waals surface area contributed by atoms with Crippen LogP contribution in [-0.4, -0.2) is 35.4 Å². The monoisotopic (exact) mass is 509 g/mol.